The fourth-order valence-electron chi connectivity index (χ4n) is 2.36. The van der Waals surface area contributed by atoms with E-state index in [1.54, 1.807) is 60.9 Å². The van der Waals surface area contributed by atoms with Crippen LogP contribution in [0.25, 0.3) is 0 Å². The van der Waals surface area contributed by atoms with Gasteiger partial charge in [-0.1, -0.05) is 47.6 Å². The number of benzene rings is 2. The lowest BCUT2D eigenvalue weighted by molar-refractivity contribution is 0.103. The fourth-order valence-corrected chi connectivity index (χ4v) is 3.00. The third kappa shape index (κ3) is 4.43. The second kappa shape index (κ2) is 8.36. The van der Waals surface area contributed by atoms with Gasteiger partial charge >= 0.3 is 0 Å². The molecule has 0 aliphatic heterocycles. The first kappa shape index (κ1) is 18.5. The highest BCUT2D eigenvalue weighted by Gasteiger charge is 2.17. The molecule has 0 aliphatic carbocycles. The first-order valence-electron chi connectivity index (χ1n) is 7.69. The molecule has 0 bridgehead atoms. The molecular formula is C19H13Cl2N3OS. The van der Waals surface area contributed by atoms with Crippen LogP contribution in [0.4, 0.5) is 5.69 Å². The Hall–Kier alpha value is -2.34. The maximum Gasteiger partial charge on any atom is 0.196 e. The van der Waals surface area contributed by atoms with Crippen molar-refractivity contribution in [2.75, 3.05) is 5.32 Å². The van der Waals surface area contributed by atoms with Crippen LogP contribution in [0, 0.1) is 0 Å². The number of nitrogens with zero attached hydrogens (tertiary/aromatic N) is 2. The van der Waals surface area contributed by atoms with E-state index in [4.69, 9.17) is 35.4 Å². The van der Waals surface area contributed by atoms with Gasteiger partial charge in [-0.15, -0.1) is 0 Å². The summed E-state index contributed by atoms with van der Waals surface area (Å²) in [5, 5.41) is 3.91. The molecule has 7 heteroatoms. The van der Waals surface area contributed by atoms with Crippen molar-refractivity contribution in [3.63, 3.8) is 0 Å². The van der Waals surface area contributed by atoms with Crippen LogP contribution in [0.1, 0.15) is 21.7 Å². The van der Waals surface area contributed by atoms with Crippen LogP contribution in [-0.4, -0.2) is 20.7 Å². The largest absolute Gasteiger partial charge is 0.349 e. The van der Waals surface area contributed by atoms with Gasteiger partial charge in [-0.3, -0.25) is 4.79 Å². The van der Waals surface area contributed by atoms with Crippen LogP contribution in [0.5, 0.6) is 0 Å². The van der Waals surface area contributed by atoms with Crippen molar-refractivity contribution in [3.05, 3.63) is 87.9 Å². The molecule has 3 aromatic rings. The van der Waals surface area contributed by atoms with Gasteiger partial charge in [-0.2, -0.15) is 0 Å². The van der Waals surface area contributed by atoms with Crippen LogP contribution >= 0.6 is 35.4 Å². The van der Waals surface area contributed by atoms with Crippen LogP contribution in [-0.2, 0) is 6.42 Å². The topological polar surface area (TPSA) is 54.9 Å². The predicted octanol–water partition coefficient (Wildman–Crippen LogP) is 5.00. The summed E-state index contributed by atoms with van der Waals surface area (Å²) in [7, 11) is 0. The quantitative estimate of drug-likeness (QED) is 0.481. The molecule has 2 aromatic carbocycles. The first-order valence-corrected chi connectivity index (χ1v) is 8.85. The zero-order chi connectivity index (χ0) is 18.5. The molecule has 1 N–H and O–H groups in total. The minimum atomic E-state index is -0.237. The van der Waals surface area contributed by atoms with Gasteiger partial charge in [-0.25, -0.2) is 9.97 Å². The fraction of sp³-hybridized carbons (Fsp3) is 0.0526. The number of aromatic nitrogens is 2. The Kier molecular flexibility index (Phi) is 5.93. The maximum absolute atomic E-state index is 12.9. The molecule has 0 fully saturated rings. The number of carbonyl (C=O) groups excluding carboxylic acids is 1. The molecule has 3 rings (SSSR count). The molecule has 4 nitrogen and oxygen atoms in total. The third-order valence-electron chi connectivity index (χ3n) is 3.56. The molecule has 1 aromatic heterocycles. The van der Waals surface area contributed by atoms with E-state index in [0.29, 0.717) is 44.1 Å². The average molecular weight is 402 g/mol. The summed E-state index contributed by atoms with van der Waals surface area (Å²) in [6.07, 6.45) is 3.66. The van der Waals surface area contributed by atoms with E-state index in [9.17, 15) is 4.79 Å². The van der Waals surface area contributed by atoms with E-state index < -0.39 is 0 Å². The molecule has 0 unspecified atom stereocenters. The number of nitrogens with one attached hydrogen (secondary N) is 1. The lowest BCUT2D eigenvalue weighted by atomic mass is 10.0. The van der Waals surface area contributed by atoms with E-state index in [1.165, 1.54) is 0 Å². The average Bonchev–Trinajstić information content (AvgIpc) is 2.64. The van der Waals surface area contributed by atoms with Gasteiger partial charge in [0, 0.05) is 28.5 Å². The summed E-state index contributed by atoms with van der Waals surface area (Å²) in [6.45, 7) is 0. The molecule has 0 aliphatic rings. The molecule has 0 radical (unpaired) electrons. The van der Waals surface area contributed by atoms with Crippen LogP contribution in [0.3, 0.4) is 0 Å². The third-order valence-corrected chi connectivity index (χ3v) is 4.37. The second-order valence-corrected chi connectivity index (χ2v) is 6.73. The molecule has 26 heavy (non-hydrogen) atoms. The molecular weight excluding hydrogens is 389 g/mol. The molecule has 130 valence electrons. The Morgan fingerprint density at radius 3 is 2.46 bits per heavy atom. The summed E-state index contributed by atoms with van der Waals surface area (Å²) < 4.78 is 0. The lowest BCUT2D eigenvalue weighted by Gasteiger charge is -2.13. The van der Waals surface area contributed by atoms with E-state index in [1.807, 2.05) is 0 Å². The molecule has 0 atom stereocenters. The summed E-state index contributed by atoms with van der Waals surface area (Å²) in [4.78, 5) is 21.7. The van der Waals surface area contributed by atoms with Gasteiger partial charge in [0.05, 0.1) is 22.1 Å². The summed E-state index contributed by atoms with van der Waals surface area (Å²) in [5.74, 6) is 0.359. The van der Waals surface area contributed by atoms with Gasteiger partial charge in [0.1, 0.15) is 5.82 Å². The number of hydrogen-bond acceptors (Lipinski definition) is 4. The number of halogens is 2. The monoisotopic (exact) mass is 401 g/mol. The standard InChI is InChI=1S/C19H13Cl2N3OS/c20-12-6-7-16(24-18(26)11-17-22-8-3-9-23-17)14(10-12)19(25)13-4-1-2-5-15(13)21/h1-10H,11H2,(H,24,26). The first-order chi connectivity index (χ1) is 12.5. The SMILES string of the molecule is O=C(c1ccccc1Cl)c1cc(Cl)ccc1NC(=S)Cc1ncccn1. The maximum atomic E-state index is 12.9. The molecule has 0 saturated heterocycles. The summed E-state index contributed by atoms with van der Waals surface area (Å²) in [6, 6.07) is 13.6. The van der Waals surface area contributed by atoms with Gasteiger partial charge in [0.25, 0.3) is 0 Å². The van der Waals surface area contributed by atoms with E-state index in [2.05, 4.69) is 15.3 Å². The second-order valence-electron chi connectivity index (χ2n) is 5.39. The van der Waals surface area contributed by atoms with Crippen molar-refractivity contribution >= 4 is 51.9 Å². The number of rotatable bonds is 5. The van der Waals surface area contributed by atoms with Gasteiger partial charge in [0.15, 0.2) is 5.78 Å². The Morgan fingerprint density at radius 1 is 1.00 bits per heavy atom. The number of ketones is 1. The van der Waals surface area contributed by atoms with Gasteiger partial charge in [0.2, 0.25) is 0 Å². The van der Waals surface area contributed by atoms with E-state index >= 15 is 0 Å². The minimum Gasteiger partial charge on any atom is -0.349 e. The van der Waals surface area contributed by atoms with Crippen molar-refractivity contribution < 1.29 is 4.79 Å². The Morgan fingerprint density at radius 2 is 1.73 bits per heavy atom. The highest BCUT2D eigenvalue weighted by Crippen LogP contribution is 2.26. The molecule has 0 saturated carbocycles. The smallest absolute Gasteiger partial charge is 0.196 e. The Balaban J connectivity index is 1.88. The number of carbonyl (C=O) groups is 1. The van der Waals surface area contributed by atoms with E-state index in [0.717, 1.165) is 0 Å². The van der Waals surface area contributed by atoms with Crippen molar-refractivity contribution in [1.82, 2.24) is 9.97 Å². The van der Waals surface area contributed by atoms with Crippen molar-refractivity contribution in [1.29, 1.82) is 0 Å². The minimum absolute atomic E-state index is 0.237. The van der Waals surface area contributed by atoms with E-state index in [-0.39, 0.29) is 5.78 Å². The van der Waals surface area contributed by atoms with Crippen LogP contribution in [0.2, 0.25) is 10.0 Å². The Bertz CT molecular complexity index is 964. The van der Waals surface area contributed by atoms with Gasteiger partial charge in [-0.05, 0) is 36.4 Å². The number of thiocarbonyl (C=S) groups is 1. The summed E-state index contributed by atoms with van der Waals surface area (Å²) in [5.41, 5.74) is 1.35. The van der Waals surface area contributed by atoms with Crippen LogP contribution in [0.15, 0.2) is 60.9 Å². The zero-order valence-electron chi connectivity index (χ0n) is 13.4. The van der Waals surface area contributed by atoms with Crippen molar-refractivity contribution in [2.24, 2.45) is 0 Å². The molecule has 0 amide bonds. The van der Waals surface area contributed by atoms with Crippen LogP contribution < -0.4 is 5.32 Å². The Labute approximate surface area is 166 Å². The van der Waals surface area contributed by atoms with Crippen molar-refractivity contribution in [2.45, 2.75) is 6.42 Å². The predicted molar refractivity (Wildman–Crippen MR) is 108 cm³/mol. The highest BCUT2D eigenvalue weighted by molar-refractivity contribution is 7.80. The summed E-state index contributed by atoms with van der Waals surface area (Å²) >= 11 is 17.6. The molecule has 1 heterocycles. The zero-order valence-corrected chi connectivity index (χ0v) is 15.8. The lowest BCUT2D eigenvalue weighted by Crippen LogP contribution is -2.16. The highest BCUT2D eigenvalue weighted by atomic mass is 35.5. The normalized spacial score (nSPS) is 10.4. The van der Waals surface area contributed by atoms with Crippen molar-refractivity contribution in [3.8, 4) is 0 Å². The van der Waals surface area contributed by atoms with Gasteiger partial charge < -0.3 is 5.32 Å². The number of hydrogen-bond donors (Lipinski definition) is 1. The number of anilines is 1. The molecule has 0 spiro atoms.